The Labute approximate surface area is 145 Å². The summed E-state index contributed by atoms with van der Waals surface area (Å²) in [5.41, 5.74) is 0. The van der Waals surface area contributed by atoms with Gasteiger partial charge in [0.05, 0.1) is 30.3 Å². The van der Waals surface area contributed by atoms with Crippen molar-refractivity contribution in [1.29, 1.82) is 0 Å². The lowest BCUT2D eigenvalue weighted by molar-refractivity contribution is -0.139. The van der Waals surface area contributed by atoms with Crippen LogP contribution in [0.5, 0.6) is 5.75 Å². The minimum absolute atomic E-state index is 0.0113. The van der Waals surface area contributed by atoms with Gasteiger partial charge in [0.1, 0.15) is 11.5 Å². The molecular formula is C17H21ClO6. The average Bonchev–Trinajstić information content (AvgIpc) is 2.81. The molecule has 0 saturated heterocycles. The Hall–Kier alpha value is -1.76. The van der Waals surface area contributed by atoms with E-state index in [0.29, 0.717) is 5.75 Å². The van der Waals surface area contributed by atoms with E-state index in [9.17, 15) is 20.1 Å². The number of aliphatic carboxylic acids is 1. The van der Waals surface area contributed by atoms with E-state index >= 15 is 0 Å². The highest BCUT2D eigenvalue weighted by atomic mass is 35.5. The van der Waals surface area contributed by atoms with Gasteiger partial charge < -0.3 is 25.2 Å². The van der Waals surface area contributed by atoms with Gasteiger partial charge in [0, 0.05) is 24.7 Å². The zero-order valence-electron chi connectivity index (χ0n) is 13.0. The van der Waals surface area contributed by atoms with E-state index in [1.54, 1.807) is 12.1 Å². The van der Waals surface area contributed by atoms with Crippen LogP contribution in [0.1, 0.15) is 19.3 Å². The minimum atomic E-state index is -1.10. The summed E-state index contributed by atoms with van der Waals surface area (Å²) >= 11 is 6.10. The molecule has 4 atom stereocenters. The predicted molar refractivity (Wildman–Crippen MR) is 87.9 cm³/mol. The molecule has 1 aliphatic carbocycles. The van der Waals surface area contributed by atoms with E-state index in [0.717, 1.165) is 0 Å². The first-order chi connectivity index (χ1) is 11.4. The number of benzene rings is 1. The standard InChI is InChI=1S/C17H21ClO6/c18-12(6-7-24-10-4-2-1-3-5-10)17(23)16-11(8-15(21)22)13(19)9-14(16)20/h1-5,11,13-14,16,19-20,23H,6-9H2,(H,21,22)/t11-,13-,14-,16+/m1/s1. The third-order valence-electron chi connectivity index (χ3n) is 4.19. The number of carbonyl (C=O) groups is 1. The van der Waals surface area contributed by atoms with Gasteiger partial charge >= 0.3 is 5.97 Å². The number of rotatable bonds is 7. The van der Waals surface area contributed by atoms with Gasteiger partial charge in [-0.25, -0.2) is 0 Å². The summed E-state index contributed by atoms with van der Waals surface area (Å²) in [5, 5.41) is 39.3. The second-order valence-electron chi connectivity index (χ2n) is 5.86. The van der Waals surface area contributed by atoms with Gasteiger partial charge in [0.15, 0.2) is 0 Å². The van der Waals surface area contributed by atoms with Crippen LogP contribution < -0.4 is 4.74 Å². The molecule has 4 N–H and O–H groups in total. The number of hydrogen-bond donors (Lipinski definition) is 4. The fourth-order valence-corrected chi connectivity index (χ4v) is 3.23. The van der Waals surface area contributed by atoms with Crippen molar-refractivity contribution >= 4 is 17.6 Å². The van der Waals surface area contributed by atoms with Crippen LogP contribution in [-0.4, -0.2) is 45.2 Å². The molecule has 0 heterocycles. The van der Waals surface area contributed by atoms with Crippen molar-refractivity contribution in [3.05, 3.63) is 41.1 Å². The molecule has 2 rings (SSSR count). The lowest BCUT2D eigenvalue weighted by Gasteiger charge is -2.22. The molecule has 0 radical (unpaired) electrons. The number of aliphatic hydroxyl groups excluding tert-OH is 3. The van der Waals surface area contributed by atoms with Gasteiger partial charge in [-0.05, 0) is 12.1 Å². The number of halogens is 1. The zero-order valence-corrected chi connectivity index (χ0v) is 13.8. The molecule has 0 unspecified atom stereocenters. The summed E-state index contributed by atoms with van der Waals surface area (Å²) in [6, 6.07) is 9.10. The number of hydrogen-bond acceptors (Lipinski definition) is 5. The molecule has 7 heteroatoms. The lowest BCUT2D eigenvalue weighted by atomic mass is 9.88. The van der Waals surface area contributed by atoms with Crippen molar-refractivity contribution in [2.45, 2.75) is 31.5 Å². The van der Waals surface area contributed by atoms with Crippen LogP contribution in [-0.2, 0) is 4.79 Å². The highest BCUT2D eigenvalue weighted by molar-refractivity contribution is 6.29. The molecule has 132 valence electrons. The molecule has 0 bridgehead atoms. The molecule has 6 nitrogen and oxygen atoms in total. The summed E-state index contributed by atoms with van der Waals surface area (Å²) in [5.74, 6) is -2.37. The Morgan fingerprint density at radius 2 is 1.83 bits per heavy atom. The van der Waals surface area contributed by atoms with E-state index in [2.05, 4.69) is 0 Å². The van der Waals surface area contributed by atoms with Crippen LogP contribution in [0, 0.1) is 11.8 Å². The third kappa shape index (κ3) is 4.63. The summed E-state index contributed by atoms with van der Waals surface area (Å²) in [7, 11) is 0. The van der Waals surface area contributed by atoms with Gasteiger partial charge in [0.25, 0.3) is 0 Å². The van der Waals surface area contributed by atoms with E-state index in [-0.39, 0.29) is 36.7 Å². The Kier molecular flexibility index (Phi) is 6.48. The molecule has 1 saturated carbocycles. The largest absolute Gasteiger partial charge is 0.511 e. The van der Waals surface area contributed by atoms with Gasteiger partial charge in [-0.2, -0.15) is 0 Å². The Morgan fingerprint density at radius 3 is 2.46 bits per heavy atom. The number of carboxylic acid groups (broad SMARTS) is 1. The van der Waals surface area contributed by atoms with Crippen LogP contribution in [0.3, 0.4) is 0 Å². The topological polar surface area (TPSA) is 107 Å². The van der Waals surface area contributed by atoms with E-state index in [1.165, 1.54) is 0 Å². The van der Waals surface area contributed by atoms with Crippen LogP contribution in [0.15, 0.2) is 41.1 Å². The number of ether oxygens (including phenoxy) is 1. The maximum atomic E-state index is 10.9. The first-order valence-electron chi connectivity index (χ1n) is 7.73. The second-order valence-corrected chi connectivity index (χ2v) is 6.32. The second kappa shape index (κ2) is 8.37. The van der Waals surface area contributed by atoms with Crippen molar-refractivity contribution in [1.82, 2.24) is 0 Å². The normalized spacial score (nSPS) is 27.6. The fraction of sp³-hybridized carbons (Fsp3) is 0.471. The van der Waals surface area contributed by atoms with Gasteiger partial charge in [-0.1, -0.05) is 29.8 Å². The first-order valence-corrected chi connectivity index (χ1v) is 8.11. The molecule has 0 aromatic heterocycles. The molecule has 1 aromatic rings. The Morgan fingerprint density at radius 1 is 1.17 bits per heavy atom. The van der Waals surface area contributed by atoms with Crippen LogP contribution >= 0.6 is 11.6 Å². The fourth-order valence-electron chi connectivity index (χ4n) is 3.03. The van der Waals surface area contributed by atoms with Crippen molar-refractivity contribution in [2.24, 2.45) is 11.8 Å². The molecule has 0 spiro atoms. The van der Waals surface area contributed by atoms with Gasteiger partial charge in [0.2, 0.25) is 0 Å². The summed E-state index contributed by atoms with van der Waals surface area (Å²) in [6.45, 7) is 0.224. The lowest BCUT2D eigenvalue weighted by Crippen LogP contribution is -2.27. The molecule has 0 amide bonds. The zero-order chi connectivity index (χ0) is 17.7. The van der Waals surface area contributed by atoms with E-state index < -0.39 is 30.0 Å². The molecule has 1 aromatic carbocycles. The maximum Gasteiger partial charge on any atom is 0.303 e. The molecule has 1 fully saturated rings. The SMILES string of the molecule is O=C(O)C[C@H]1[C@H](C(O)=C(Cl)CCOc2ccccc2)[C@H](O)C[C@H]1O. The summed E-state index contributed by atoms with van der Waals surface area (Å²) in [4.78, 5) is 10.9. The quantitative estimate of drug-likeness (QED) is 0.558. The summed E-state index contributed by atoms with van der Waals surface area (Å²) in [6.07, 6.45) is -2.16. The number of aliphatic hydroxyl groups is 3. The number of carboxylic acids is 1. The Bertz CT molecular complexity index is 588. The van der Waals surface area contributed by atoms with E-state index in [1.807, 2.05) is 18.2 Å². The third-order valence-corrected chi connectivity index (χ3v) is 4.57. The van der Waals surface area contributed by atoms with E-state index in [4.69, 9.17) is 21.4 Å². The average molecular weight is 357 g/mol. The van der Waals surface area contributed by atoms with Gasteiger partial charge in [-0.3, -0.25) is 4.79 Å². The highest BCUT2D eigenvalue weighted by Gasteiger charge is 2.45. The van der Waals surface area contributed by atoms with Crippen LogP contribution in [0.25, 0.3) is 0 Å². The monoisotopic (exact) mass is 356 g/mol. The van der Waals surface area contributed by atoms with Crippen molar-refractivity contribution < 1.29 is 30.0 Å². The number of para-hydroxylation sites is 1. The predicted octanol–water partition coefficient (Wildman–Crippen LogP) is 2.30. The minimum Gasteiger partial charge on any atom is -0.511 e. The molecular weight excluding hydrogens is 336 g/mol. The molecule has 0 aliphatic heterocycles. The van der Waals surface area contributed by atoms with Crippen molar-refractivity contribution in [3.63, 3.8) is 0 Å². The van der Waals surface area contributed by atoms with Crippen LogP contribution in [0.4, 0.5) is 0 Å². The first kappa shape index (κ1) is 18.6. The van der Waals surface area contributed by atoms with Crippen LogP contribution in [0.2, 0.25) is 0 Å². The van der Waals surface area contributed by atoms with Gasteiger partial charge in [-0.15, -0.1) is 0 Å². The van der Waals surface area contributed by atoms with Crippen molar-refractivity contribution in [3.8, 4) is 5.75 Å². The molecule has 1 aliphatic rings. The maximum absolute atomic E-state index is 10.9. The summed E-state index contributed by atoms with van der Waals surface area (Å²) < 4.78 is 5.49. The smallest absolute Gasteiger partial charge is 0.303 e. The highest BCUT2D eigenvalue weighted by Crippen LogP contribution is 2.40. The van der Waals surface area contributed by atoms with Crippen molar-refractivity contribution in [2.75, 3.05) is 6.61 Å². The Balaban J connectivity index is 2.01. The molecule has 24 heavy (non-hydrogen) atoms.